The van der Waals surface area contributed by atoms with E-state index in [4.69, 9.17) is 11.6 Å². The number of rotatable bonds is 4. The Bertz CT molecular complexity index is 519. The van der Waals surface area contributed by atoms with Crippen LogP contribution in [0.1, 0.15) is 43.0 Å². The molecule has 2 rings (SSSR count). The Labute approximate surface area is 130 Å². The van der Waals surface area contributed by atoms with Crippen molar-refractivity contribution in [3.8, 4) is 0 Å². The molecule has 21 heavy (non-hydrogen) atoms. The van der Waals surface area contributed by atoms with Gasteiger partial charge in [0.25, 0.3) is 5.91 Å². The van der Waals surface area contributed by atoms with Crippen LogP contribution in [0.4, 0.5) is 0 Å². The summed E-state index contributed by atoms with van der Waals surface area (Å²) in [5, 5.41) is 6.00. The molecule has 0 aromatic heterocycles. The molecule has 0 aliphatic heterocycles. The summed E-state index contributed by atoms with van der Waals surface area (Å²) >= 11 is 5.95. The van der Waals surface area contributed by atoms with Crippen LogP contribution in [-0.4, -0.2) is 24.4 Å². The largest absolute Gasteiger partial charge is 0.352 e. The minimum absolute atomic E-state index is 0.0206. The van der Waals surface area contributed by atoms with E-state index in [2.05, 4.69) is 17.6 Å². The Hall–Kier alpha value is -1.55. The summed E-state index contributed by atoms with van der Waals surface area (Å²) in [6.45, 7) is 2.14. The standard InChI is InChI=1S/C16H21ClN2O2/c1-11-6-2-5-9-14(11)19-15(20)10-18-16(21)12-7-3-4-8-13(12)17/h3-4,7-8,11,14H,2,5-6,9-10H2,1H3,(H,18,21)(H,19,20)/t11-,14+/m0/s1. The van der Waals surface area contributed by atoms with Crippen LogP contribution in [0.25, 0.3) is 0 Å². The number of hydrogen-bond donors (Lipinski definition) is 2. The van der Waals surface area contributed by atoms with E-state index in [0.717, 1.165) is 19.3 Å². The van der Waals surface area contributed by atoms with Crippen LogP contribution in [0.15, 0.2) is 24.3 Å². The van der Waals surface area contributed by atoms with Gasteiger partial charge in [-0.05, 0) is 30.9 Å². The summed E-state index contributed by atoms with van der Waals surface area (Å²) in [5.41, 5.74) is 0.387. The molecule has 0 heterocycles. The third-order valence-electron chi connectivity index (χ3n) is 3.99. The van der Waals surface area contributed by atoms with Crippen molar-refractivity contribution in [2.45, 2.75) is 38.6 Å². The Morgan fingerprint density at radius 1 is 1.24 bits per heavy atom. The molecule has 1 aliphatic carbocycles. The van der Waals surface area contributed by atoms with Gasteiger partial charge in [0.15, 0.2) is 0 Å². The van der Waals surface area contributed by atoms with Gasteiger partial charge in [-0.2, -0.15) is 0 Å². The summed E-state index contributed by atoms with van der Waals surface area (Å²) < 4.78 is 0. The number of benzene rings is 1. The molecule has 2 atom stereocenters. The van der Waals surface area contributed by atoms with E-state index in [1.54, 1.807) is 24.3 Å². The fourth-order valence-corrected chi connectivity index (χ4v) is 2.91. The zero-order valence-corrected chi connectivity index (χ0v) is 13.0. The van der Waals surface area contributed by atoms with Crippen molar-refractivity contribution < 1.29 is 9.59 Å². The van der Waals surface area contributed by atoms with Crippen molar-refractivity contribution in [2.75, 3.05) is 6.54 Å². The Morgan fingerprint density at radius 2 is 1.95 bits per heavy atom. The van der Waals surface area contributed by atoms with E-state index in [1.165, 1.54) is 6.42 Å². The molecule has 0 spiro atoms. The molecule has 5 heteroatoms. The third kappa shape index (κ3) is 4.46. The molecule has 1 fully saturated rings. The van der Waals surface area contributed by atoms with Crippen molar-refractivity contribution in [3.63, 3.8) is 0 Å². The maximum absolute atomic E-state index is 12.0. The summed E-state index contributed by atoms with van der Waals surface area (Å²) in [7, 11) is 0. The predicted molar refractivity (Wildman–Crippen MR) is 83.3 cm³/mol. The monoisotopic (exact) mass is 308 g/mol. The van der Waals surface area contributed by atoms with Crippen molar-refractivity contribution in [2.24, 2.45) is 5.92 Å². The highest BCUT2D eigenvalue weighted by Crippen LogP contribution is 2.23. The molecular weight excluding hydrogens is 288 g/mol. The number of hydrogen-bond acceptors (Lipinski definition) is 2. The smallest absolute Gasteiger partial charge is 0.253 e. The molecule has 0 bridgehead atoms. The zero-order chi connectivity index (χ0) is 15.2. The van der Waals surface area contributed by atoms with Gasteiger partial charge in [-0.25, -0.2) is 0 Å². The first kappa shape index (κ1) is 15.8. The first-order valence-corrected chi connectivity index (χ1v) is 7.78. The highest BCUT2D eigenvalue weighted by molar-refractivity contribution is 6.33. The van der Waals surface area contributed by atoms with Gasteiger partial charge in [-0.1, -0.05) is 43.5 Å². The quantitative estimate of drug-likeness (QED) is 0.898. The lowest BCUT2D eigenvalue weighted by Gasteiger charge is -2.29. The first-order chi connectivity index (χ1) is 10.1. The van der Waals surface area contributed by atoms with Crippen LogP contribution in [-0.2, 0) is 4.79 Å². The molecule has 4 nitrogen and oxygen atoms in total. The molecule has 0 saturated heterocycles. The van der Waals surface area contributed by atoms with E-state index in [-0.39, 0.29) is 24.4 Å². The summed E-state index contributed by atoms with van der Waals surface area (Å²) in [4.78, 5) is 23.9. The van der Waals surface area contributed by atoms with Gasteiger partial charge in [-0.3, -0.25) is 9.59 Å². The molecule has 1 aromatic rings. The zero-order valence-electron chi connectivity index (χ0n) is 12.2. The van der Waals surface area contributed by atoms with E-state index < -0.39 is 0 Å². The van der Waals surface area contributed by atoms with Gasteiger partial charge < -0.3 is 10.6 Å². The maximum atomic E-state index is 12.0. The SMILES string of the molecule is C[C@H]1CCCC[C@H]1NC(=O)CNC(=O)c1ccccc1Cl. The minimum atomic E-state index is -0.326. The van der Waals surface area contributed by atoms with Gasteiger partial charge in [0, 0.05) is 6.04 Å². The van der Waals surface area contributed by atoms with Crippen LogP contribution in [0, 0.1) is 5.92 Å². The summed E-state index contributed by atoms with van der Waals surface area (Å²) in [6, 6.07) is 7.02. The molecule has 2 N–H and O–H groups in total. The summed E-state index contributed by atoms with van der Waals surface area (Å²) in [5.74, 6) is 0.0311. The second-order valence-corrected chi connectivity index (χ2v) is 6.01. The number of carbonyl (C=O) groups is 2. The lowest BCUT2D eigenvalue weighted by Crippen LogP contribution is -2.45. The number of nitrogens with one attached hydrogen (secondary N) is 2. The second-order valence-electron chi connectivity index (χ2n) is 5.60. The van der Waals surface area contributed by atoms with Crippen molar-refractivity contribution >= 4 is 23.4 Å². The van der Waals surface area contributed by atoms with Crippen molar-refractivity contribution in [1.29, 1.82) is 0 Å². The van der Waals surface area contributed by atoms with Crippen LogP contribution in [0.3, 0.4) is 0 Å². The molecule has 0 unspecified atom stereocenters. The van der Waals surface area contributed by atoms with Crippen molar-refractivity contribution in [1.82, 2.24) is 10.6 Å². The van der Waals surface area contributed by atoms with Crippen LogP contribution >= 0.6 is 11.6 Å². The van der Waals surface area contributed by atoms with Crippen LogP contribution < -0.4 is 10.6 Å². The number of carbonyl (C=O) groups excluding carboxylic acids is 2. The average Bonchev–Trinajstić information content (AvgIpc) is 2.48. The van der Waals surface area contributed by atoms with Gasteiger partial charge in [0.05, 0.1) is 17.1 Å². The maximum Gasteiger partial charge on any atom is 0.253 e. The lowest BCUT2D eigenvalue weighted by atomic mass is 9.86. The molecule has 1 saturated carbocycles. The van der Waals surface area contributed by atoms with Crippen LogP contribution in [0.2, 0.25) is 5.02 Å². The summed E-state index contributed by atoms with van der Waals surface area (Å²) in [6.07, 6.45) is 4.56. The fraction of sp³-hybridized carbons (Fsp3) is 0.500. The molecule has 114 valence electrons. The first-order valence-electron chi connectivity index (χ1n) is 7.40. The van der Waals surface area contributed by atoms with Crippen LogP contribution in [0.5, 0.6) is 0 Å². The molecule has 1 aromatic carbocycles. The van der Waals surface area contributed by atoms with Gasteiger partial charge in [0.1, 0.15) is 0 Å². The lowest BCUT2D eigenvalue weighted by molar-refractivity contribution is -0.121. The Morgan fingerprint density at radius 3 is 2.67 bits per heavy atom. The van der Waals surface area contributed by atoms with E-state index >= 15 is 0 Å². The normalized spacial score (nSPS) is 21.6. The molecule has 0 radical (unpaired) electrons. The number of halogens is 1. The highest BCUT2D eigenvalue weighted by atomic mass is 35.5. The fourth-order valence-electron chi connectivity index (χ4n) is 2.69. The van der Waals surface area contributed by atoms with E-state index in [9.17, 15) is 9.59 Å². The third-order valence-corrected chi connectivity index (χ3v) is 4.32. The minimum Gasteiger partial charge on any atom is -0.352 e. The Balaban J connectivity index is 1.81. The average molecular weight is 309 g/mol. The number of amides is 2. The van der Waals surface area contributed by atoms with Crippen molar-refractivity contribution in [3.05, 3.63) is 34.9 Å². The highest BCUT2D eigenvalue weighted by Gasteiger charge is 2.22. The molecule has 1 aliphatic rings. The Kier molecular flexibility index (Phi) is 5.62. The molecular formula is C16H21ClN2O2. The van der Waals surface area contributed by atoms with Gasteiger partial charge in [-0.15, -0.1) is 0 Å². The topological polar surface area (TPSA) is 58.2 Å². The van der Waals surface area contributed by atoms with E-state index in [1.807, 2.05) is 0 Å². The van der Waals surface area contributed by atoms with Gasteiger partial charge in [0.2, 0.25) is 5.91 Å². The van der Waals surface area contributed by atoms with E-state index in [0.29, 0.717) is 16.5 Å². The second kappa shape index (κ2) is 7.46. The predicted octanol–water partition coefficient (Wildman–Crippen LogP) is 2.76. The molecule has 2 amide bonds. The van der Waals surface area contributed by atoms with Gasteiger partial charge >= 0.3 is 0 Å².